The van der Waals surface area contributed by atoms with E-state index in [2.05, 4.69) is 15.3 Å². The number of rotatable bonds is 5. The van der Waals surface area contributed by atoms with Gasteiger partial charge in [-0.15, -0.1) is 0 Å². The molecule has 0 spiro atoms. The Kier molecular flexibility index (Phi) is 5.01. The lowest BCUT2D eigenvalue weighted by Gasteiger charge is -2.12. The summed E-state index contributed by atoms with van der Waals surface area (Å²) >= 11 is 0. The van der Waals surface area contributed by atoms with Crippen LogP contribution in [0.3, 0.4) is 0 Å². The van der Waals surface area contributed by atoms with Gasteiger partial charge >= 0.3 is 6.18 Å². The molecule has 8 heteroatoms. The second-order valence-electron chi connectivity index (χ2n) is 5.96. The zero-order valence-corrected chi connectivity index (χ0v) is 14.3. The van der Waals surface area contributed by atoms with Crippen LogP contribution >= 0.6 is 0 Å². The molecule has 26 heavy (non-hydrogen) atoms. The van der Waals surface area contributed by atoms with Crippen molar-refractivity contribution in [2.45, 2.75) is 13.1 Å². The summed E-state index contributed by atoms with van der Waals surface area (Å²) in [6.45, 7) is 2.79. The first-order valence-corrected chi connectivity index (χ1v) is 8.03. The van der Waals surface area contributed by atoms with Crippen LogP contribution in [-0.4, -0.2) is 30.2 Å². The molecule has 0 bridgehead atoms. The molecule has 3 rings (SSSR count). The summed E-state index contributed by atoms with van der Waals surface area (Å²) < 4.78 is 50.1. The Hall–Kier alpha value is -2.77. The monoisotopic (exact) mass is 365 g/mol. The Morgan fingerprint density at radius 3 is 2.54 bits per heavy atom. The maximum atomic E-state index is 13.2. The number of hydrogen-bond donors (Lipinski definition) is 1. The molecule has 0 aliphatic carbocycles. The minimum Gasteiger partial charge on any atom is -0.497 e. The number of nitrogens with zero attached hydrogens (tertiary/aromatic N) is 2. The maximum absolute atomic E-state index is 13.2. The van der Waals surface area contributed by atoms with E-state index in [4.69, 9.17) is 9.47 Å². The standard InChI is InChI=1S/C18H18F3N3O2/c1-11-7-14(26-10-11)9-22-17-23-15(8-16(24-17)18(19,20)21)12-3-5-13(25-2)6-4-12/h3-8,11H,9-10H2,1-2H3,(H,22,23,24). The Morgan fingerprint density at radius 2 is 1.96 bits per heavy atom. The molecule has 5 nitrogen and oxygen atoms in total. The minimum atomic E-state index is -4.57. The highest BCUT2D eigenvalue weighted by molar-refractivity contribution is 5.62. The second-order valence-corrected chi connectivity index (χ2v) is 5.96. The van der Waals surface area contributed by atoms with Crippen molar-refractivity contribution < 1.29 is 22.6 Å². The van der Waals surface area contributed by atoms with Crippen molar-refractivity contribution in [3.8, 4) is 17.0 Å². The first-order chi connectivity index (χ1) is 12.3. The molecule has 2 aromatic rings. The summed E-state index contributed by atoms with van der Waals surface area (Å²) in [6.07, 6.45) is -2.65. The van der Waals surface area contributed by atoms with Crippen molar-refractivity contribution in [3.63, 3.8) is 0 Å². The molecule has 1 atom stereocenters. The number of anilines is 1. The molecule has 1 aliphatic heterocycles. The van der Waals surface area contributed by atoms with Gasteiger partial charge in [0, 0.05) is 11.5 Å². The van der Waals surface area contributed by atoms with Crippen molar-refractivity contribution in [2.24, 2.45) is 5.92 Å². The average molecular weight is 365 g/mol. The van der Waals surface area contributed by atoms with Gasteiger partial charge in [0.15, 0.2) is 5.69 Å². The fraction of sp³-hybridized carbons (Fsp3) is 0.333. The van der Waals surface area contributed by atoms with Crippen LogP contribution in [0.1, 0.15) is 12.6 Å². The largest absolute Gasteiger partial charge is 0.497 e. The first kappa shape index (κ1) is 18.0. The van der Waals surface area contributed by atoms with E-state index in [1.54, 1.807) is 24.3 Å². The summed E-state index contributed by atoms with van der Waals surface area (Å²) in [5.74, 6) is 1.46. The van der Waals surface area contributed by atoms with Crippen LogP contribution in [0.5, 0.6) is 5.75 Å². The molecule has 1 aromatic carbocycles. The van der Waals surface area contributed by atoms with Gasteiger partial charge < -0.3 is 14.8 Å². The van der Waals surface area contributed by atoms with Crippen LogP contribution in [0.2, 0.25) is 0 Å². The van der Waals surface area contributed by atoms with Crippen molar-refractivity contribution >= 4 is 5.95 Å². The molecule has 2 heterocycles. The number of halogens is 3. The van der Waals surface area contributed by atoms with Crippen LogP contribution in [-0.2, 0) is 10.9 Å². The molecule has 138 valence electrons. The minimum absolute atomic E-state index is 0.102. The van der Waals surface area contributed by atoms with Crippen LogP contribution < -0.4 is 10.1 Å². The highest BCUT2D eigenvalue weighted by atomic mass is 19.4. The zero-order chi connectivity index (χ0) is 18.7. The lowest BCUT2D eigenvalue weighted by molar-refractivity contribution is -0.141. The van der Waals surface area contributed by atoms with E-state index in [9.17, 15) is 13.2 Å². The quantitative estimate of drug-likeness (QED) is 0.863. The van der Waals surface area contributed by atoms with Crippen molar-refractivity contribution in [3.05, 3.63) is 47.9 Å². The van der Waals surface area contributed by atoms with Crippen LogP contribution in [0, 0.1) is 5.92 Å². The third kappa shape index (κ3) is 4.25. The number of benzene rings is 1. The third-order valence-corrected chi connectivity index (χ3v) is 3.83. The van der Waals surface area contributed by atoms with Crippen LogP contribution in [0.15, 0.2) is 42.2 Å². The summed E-state index contributed by atoms with van der Waals surface area (Å²) in [5.41, 5.74) is -0.297. The number of aromatic nitrogens is 2. The molecule has 0 saturated heterocycles. The smallest absolute Gasteiger partial charge is 0.433 e. The van der Waals surface area contributed by atoms with Crippen LogP contribution in [0.25, 0.3) is 11.3 Å². The SMILES string of the molecule is COc1ccc(-c2cc(C(F)(F)F)nc(NCC3=CC(C)CO3)n2)cc1. The third-order valence-electron chi connectivity index (χ3n) is 3.83. The predicted molar refractivity (Wildman–Crippen MR) is 90.7 cm³/mol. The maximum Gasteiger partial charge on any atom is 0.433 e. The average Bonchev–Trinajstić information content (AvgIpc) is 3.04. The van der Waals surface area contributed by atoms with Gasteiger partial charge in [-0.1, -0.05) is 6.92 Å². The highest BCUT2D eigenvalue weighted by Gasteiger charge is 2.34. The lowest BCUT2D eigenvalue weighted by atomic mass is 10.1. The summed E-state index contributed by atoms with van der Waals surface area (Å²) in [5, 5.41) is 2.81. The topological polar surface area (TPSA) is 56.3 Å². The summed E-state index contributed by atoms with van der Waals surface area (Å²) in [4.78, 5) is 7.80. The van der Waals surface area contributed by atoms with Gasteiger partial charge in [0.1, 0.15) is 11.5 Å². The summed E-state index contributed by atoms with van der Waals surface area (Å²) in [7, 11) is 1.52. The van der Waals surface area contributed by atoms with Gasteiger partial charge in [-0.3, -0.25) is 0 Å². The molecule has 1 aliphatic rings. The van der Waals surface area contributed by atoms with E-state index in [-0.39, 0.29) is 24.1 Å². The second kappa shape index (κ2) is 7.23. The normalized spacial score (nSPS) is 16.8. The number of alkyl halides is 3. The molecular weight excluding hydrogens is 347 g/mol. The Bertz CT molecular complexity index is 804. The fourth-order valence-electron chi connectivity index (χ4n) is 2.51. The van der Waals surface area contributed by atoms with Gasteiger partial charge in [0.2, 0.25) is 5.95 Å². The Labute approximate surface area is 148 Å². The molecular formula is C18H18F3N3O2. The van der Waals surface area contributed by atoms with Gasteiger partial charge in [-0.05, 0) is 36.4 Å². The van der Waals surface area contributed by atoms with Gasteiger partial charge in [-0.25, -0.2) is 9.97 Å². The molecule has 1 N–H and O–H groups in total. The predicted octanol–water partition coefficient (Wildman–Crippen LogP) is 4.13. The summed E-state index contributed by atoms with van der Waals surface area (Å²) in [6, 6.07) is 7.55. The zero-order valence-electron chi connectivity index (χ0n) is 14.3. The molecule has 0 saturated carbocycles. The number of nitrogens with one attached hydrogen (secondary N) is 1. The van der Waals surface area contributed by atoms with Gasteiger partial charge in [0.25, 0.3) is 0 Å². The van der Waals surface area contributed by atoms with Crippen molar-refractivity contribution in [1.29, 1.82) is 0 Å². The van der Waals surface area contributed by atoms with Crippen LogP contribution in [0.4, 0.5) is 19.1 Å². The van der Waals surface area contributed by atoms with E-state index < -0.39 is 11.9 Å². The fourth-order valence-corrected chi connectivity index (χ4v) is 2.51. The van der Waals surface area contributed by atoms with Crippen molar-refractivity contribution in [1.82, 2.24) is 9.97 Å². The van der Waals surface area contributed by atoms with E-state index in [0.29, 0.717) is 23.7 Å². The molecule has 1 aromatic heterocycles. The number of methoxy groups -OCH3 is 1. The molecule has 0 amide bonds. The Morgan fingerprint density at radius 1 is 1.23 bits per heavy atom. The number of hydrogen-bond acceptors (Lipinski definition) is 5. The lowest BCUT2D eigenvalue weighted by Crippen LogP contribution is -2.14. The van der Waals surface area contributed by atoms with E-state index in [0.717, 1.165) is 6.07 Å². The molecule has 1 unspecified atom stereocenters. The van der Waals surface area contributed by atoms with E-state index in [1.807, 2.05) is 13.0 Å². The van der Waals surface area contributed by atoms with E-state index >= 15 is 0 Å². The van der Waals surface area contributed by atoms with Gasteiger partial charge in [0.05, 0.1) is 26.0 Å². The highest BCUT2D eigenvalue weighted by Crippen LogP contribution is 2.31. The number of ether oxygens (including phenoxy) is 2. The van der Waals surface area contributed by atoms with Crippen molar-refractivity contribution in [2.75, 3.05) is 25.6 Å². The van der Waals surface area contributed by atoms with E-state index in [1.165, 1.54) is 7.11 Å². The first-order valence-electron chi connectivity index (χ1n) is 8.03. The molecule has 0 fully saturated rings. The Balaban J connectivity index is 1.89. The molecule has 0 radical (unpaired) electrons. The van der Waals surface area contributed by atoms with Gasteiger partial charge in [-0.2, -0.15) is 13.2 Å².